The van der Waals surface area contributed by atoms with Gasteiger partial charge in [-0.2, -0.15) is 0 Å². The fraction of sp³-hybridized carbons (Fsp3) is 0.333. The Bertz CT molecular complexity index is 658. The molecular weight excluding hydrogens is 325 g/mol. The molecule has 0 spiro atoms. The van der Waals surface area contributed by atoms with Crippen LogP contribution in [0.25, 0.3) is 0 Å². The molecule has 0 N–H and O–H groups in total. The van der Waals surface area contributed by atoms with Crippen molar-refractivity contribution >= 4 is 23.5 Å². The minimum Gasteiger partial charge on any atom is -0.353 e. The summed E-state index contributed by atoms with van der Waals surface area (Å²) in [5.41, 5.74) is 0. The molecule has 1 aliphatic rings. The number of pyridine rings is 1. The number of carbonyl (C=O) groups excluding carboxylic acids is 1. The maximum absolute atomic E-state index is 12.9. The number of carbonyl (C=O) groups is 1. The van der Waals surface area contributed by atoms with E-state index < -0.39 is 0 Å². The van der Waals surface area contributed by atoms with Gasteiger partial charge in [0.2, 0.25) is 5.91 Å². The Kier molecular flexibility index (Phi) is 5.69. The van der Waals surface area contributed by atoms with Gasteiger partial charge in [0.25, 0.3) is 0 Å². The monoisotopic (exact) mass is 345 g/mol. The molecule has 126 valence electrons. The minimum absolute atomic E-state index is 0.185. The second-order valence-corrected chi connectivity index (χ2v) is 6.78. The molecule has 3 rings (SSSR count). The fourth-order valence-electron chi connectivity index (χ4n) is 2.67. The van der Waals surface area contributed by atoms with Gasteiger partial charge in [-0.25, -0.2) is 9.37 Å². The highest BCUT2D eigenvalue weighted by Gasteiger charge is 2.21. The van der Waals surface area contributed by atoms with Gasteiger partial charge in [0.1, 0.15) is 11.6 Å². The first-order valence-electron chi connectivity index (χ1n) is 8.04. The third kappa shape index (κ3) is 4.47. The Hall–Kier alpha value is -2.08. The van der Waals surface area contributed by atoms with Crippen LogP contribution in [-0.4, -0.2) is 47.7 Å². The number of hydrogen-bond donors (Lipinski definition) is 0. The molecule has 0 saturated carbocycles. The van der Waals surface area contributed by atoms with Gasteiger partial charge in [-0.3, -0.25) is 4.79 Å². The highest BCUT2D eigenvalue weighted by Crippen LogP contribution is 2.20. The van der Waals surface area contributed by atoms with Gasteiger partial charge >= 0.3 is 0 Å². The molecule has 1 amide bonds. The summed E-state index contributed by atoms with van der Waals surface area (Å²) in [4.78, 5) is 21.8. The predicted octanol–water partition coefficient (Wildman–Crippen LogP) is 3.05. The molecule has 0 atom stereocenters. The standard InChI is InChI=1S/C18H20FN3OS/c19-15-4-6-16(7-5-15)24-14-8-18(23)22-12-10-21(11-13-22)17-3-1-2-9-20-17/h1-7,9H,8,10-14H2. The first-order valence-corrected chi connectivity index (χ1v) is 9.03. The molecule has 0 radical (unpaired) electrons. The molecule has 1 aromatic carbocycles. The zero-order valence-electron chi connectivity index (χ0n) is 13.4. The number of piperazine rings is 1. The van der Waals surface area contributed by atoms with Crippen LogP contribution in [-0.2, 0) is 4.79 Å². The highest BCUT2D eigenvalue weighted by atomic mass is 32.2. The van der Waals surface area contributed by atoms with Gasteiger partial charge in [-0.05, 0) is 36.4 Å². The van der Waals surface area contributed by atoms with Gasteiger partial charge in [-0.15, -0.1) is 11.8 Å². The zero-order chi connectivity index (χ0) is 16.8. The molecule has 1 saturated heterocycles. The summed E-state index contributed by atoms with van der Waals surface area (Å²) in [5, 5.41) is 0. The molecule has 1 fully saturated rings. The van der Waals surface area contributed by atoms with Gasteiger partial charge in [-0.1, -0.05) is 6.07 Å². The van der Waals surface area contributed by atoms with E-state index in [0.717, 1.165) is 36.9 Å². The average Bonchev–Trinajstić information content (AvgIpc) is 2.64. The number of rotatable bonds is 5. The van der Waals surface area contributed by atoms with E-state index in [1.807, 2.05) is 23.1 Å². The predicted molar refractivity (Wildman–Crippen MR) is 94.8 cm³/mol. The van der Waals surface area contributed by atoms with E-state index in [1.165, 1.54) is 12.1 Å². The van der Waals surface area contributed by atoms with E-state index in [4.69, 9.17) is 0 Å². The first-order chi connectivity index (χ1) is 11.7. The smallest absolute Gasteiger partial charge is 0.223 e. The van der Waals surface area contributed by atoms with Crippen molar-refractivity contribution in [3.8, 4) is 0 Å². The Morgan fingerprint density at radius 2 is 1.83 bits per heavy atom. The van der Waals surface area contributed by atoms with E-state index in [9.17, 15) is 9.18 Å². The van der Waals surface area contributed by atoms with Crippen LogP contribution in [0.4, 0.5) is 10.2 Å². The van der Waals surface area contributed by atoms with Crippen molar-refractivity contribution < 1.29 is 9.18 Å². The van der Waals surface area contributed by atoms with Gasteiger partial charge in [0.15, 0.2) is 0 Å². The quantitative estimate of drug-likeness (QED) is 0.781. The van der Waals surface area contributed by atoms with E-state index in [-0.39, 0.29) is 11.7 Å². The van der Waals surface area contributed by atoms with Crippen LogP contribution in [0.1, 0.15) is 6.42 Å². The summed E-state index contributed by atoms with van der Waals surface area (Å²) in [6.07, 6.45) is 2.30. The number of benzene rings is 1. The Labute approximate surface area is 145 Å². The van der Waals surface area contributed by atoms with Gasteiger partial charge in [0, 0.05) is 49.4 Å². The molecular formula is C18H20FN3OS. The molecule has 2 heterocycles. The minimum atomic E-state index is -0.235. The number of halogens is 1. The van der Waals surface area contributed by atoms with Gasteiger partial charge < -0.3 is 9.80 Å². The fourth-order valence-corrected chi connectivity index (χ4v) is 3.51. The highest BCUT2D eigenvalue weighted by molar-refractivity contribution is 7.99. The number of thioether (sulfide) groups is 1. The molecule has 24 heavy (non-hydrogen) atoms. The Morgan fingerprint density at radius 3 is 2.50 bits per heavy atom. The Balaban J connectivity index is 1.41. The maximum atomic E-state index is 12.9. The summed E-state index contributed by atoms with van der Waals surface area (Å²) in [6, 6.07) is 12.3. The molecule has 1 aliphatic heterocycles. The topological polar surface area (TPSA) is 36.4 Å². The van der Waals surface area contributed by atoms with Crippen LogP contribution in [0, 0.1) is 5.82 Å². The average molecular weight is 345 g/mol. The molecule has 1 aromatic heterocycles. The lowest BCUT2D eigenvalue weighted by Crippen LogP contribution is -2.49. The van der Waals surface area contributed by atoms with Crippen LogP contribution in [0.3, 0.4) is 0 Å². The lowest BCUT2D eigenvalue weighted by atomic mass is 10.3. The second kappa shape index (κ2) is 8.15. The van der Waals surface area contributed by atoms with Crippen molar-refractivity contribution in [2.45, 2.75) is 11.3 Å². The van der Waals surface area contributed by atoms with Crippen LogP contribution in [0.5, 0.6) is 0 Å². The normalized spacial score (nSPS) is 14.7. The van der Waals surface area contributed by atoms with Crippen LogP contribution < -0.4 is 4.90 Å². The van der Waals surface area contributed by atoms with E-state index in [0.29, 0.717) is 12.2 Å². The van der Waals surface area contributed by atoms with Crippen molar-refractivity contribution in [1.82, 2.24) is 9.88 Å². The van der Waals surface area contributed by atoms with Crippen LogP contribution in [0.15, 0.2) is 53.6 Å². The third-order valence-electron chi connectivity index (χ3n) is 4.00. The second-order valence-electron chi connectivity index (χ2n) is 5.61. The Morgan fingerprint density at radius 1 is 1.08 bits per heavy atom. The number of nitrogens with zero attached hydrogens (tertiary/aromatic N) is 3. The van der Waals surface area contributed by atoms with Crippen molar-refractivity contribution in [3.63, 3.8) is 0 Å². The summed E-state index contributed by atoms with van der Waals surface area (Å²) < 4.78 is 12.9. The summed E-state index contributed by atoms with van der Waals surface area (Å²) >= 11 is 1.58. The number of amides is 1. The first kappa shape index (κ1) is 16.8. The van der Waals surface area contributed by atoms with E-state index in [1.54, 1.807) is 30.1 Å². The van der Waals surface area contributed by atoms with E-state index in [2.05, 4.69) is 9.88 Å². The lowest BCUT2D eigenvalue weighted by molar-refractivity contribution is -0.131. The molecule has 2 aromatic rings. The van der Waals surface area contributed by atoms with Crippen molar-refractivity contribution in [3.05, 3.63) is 54.5 Å². The molecule has 0 aliphatic carbocycles. The zero-order valence-corrected chi connectivity index (χ0v) is 14.2. The number of anilines is 1. The lowest BCUT2D eigenvalue weighted by Gasteiger charge is -2.35. The molecule has 0 unspecified atom stereocenters. The van der Waals surface area contributed by atoms with Crippen molar-refractivity contribution in [2.75, 3.05) is 36.8 Å². The number of aromatic nitrogens is 1. The largest absolute Gasteiger partial charge is 0.353 e. The SMILES string of the molecule is O=C(CCSc1ccc(F)cc1)N1CCN(c2ccccn2)CC1. The summed E-state index contributed by atoms with van der Waals surface area (Å²) in [7, 11) is 0. The van der Waals surface area contributed by atoms with Crippen molar-refractivity contribution in [1.29, 1.82) is 0 Å². The maximum Gasteiger partial charge on any atom is 0.223 e. The van der Waals surface area contributed by atoms with E-state index >= 15 is 0 Å². The summed E-state index contributed by atoms with van der Waals surface area (Å²) in [5.74, 6) is 1.63. The number of hydrogen-bond acceptors (Lipinski definition) is 4. The third-order valence-corrected chi connectivity index (χ3v) is 5.02. The van der Waals surface area contributed by atoms with Crippen LogP contribution in [0.2, 0.25) is 0 Å². The molecule has 6 heteroatoms. The van der Waals surface area contributed by atoms with Gasteiger partial charge in [0.05, 0.1) is 0 Å². The van der Waals surface area contributed by atoms with Crippen LogP contribution >= 0.6 is 11.8 Å². The molecule has 0 bridgehead atoms. The molecule has 4 nitrogen and oxygen atoms in total. The summed E-state index contributed by atoms with van der Waals surface area (Å²) in [6.45, 7) is 3.09. The van der Waals surface area contributed by atoms with Crippen molar-refractivity contribution in [2.24, 2.45) is 0 Å².